The number of hydrogen-bond donors (Lipinski definition) is 1. The number of likely N-dealkylation sites (tertiary alicyclic amines) is 1. The van der Waals surface area contributed by atoms with Crippen molar-refractivity contribution in [2.75, 3.05) is 19.0 Å². The maximum atomic E-state index is 12.8. The first-order valence-corrected chi connectivity index (χ1v) is 8.80. The number of carbonyl (C=O) groups excluding carboxylic acids is 1. The molecule has 1 aliphatic heterocycles. The Bertz CT molecular complexity index is 722. The number of nitrogens with one attached hydrogen (secondary N) is 1. The molecule has 0 spiro atoms. The number of ether oxygens (including phenoxy) is 1. The van der Waals surface area contributed by atoms with Crippen LogP contribution in [0.2, 0.25) is 0 Å². The molecule has 25 heavy (non-hydrogen) atoms. The first-order valence-electron chi connectivity index (χ1n) is 8.80. The quantitative estimate of drug-likeness (QED) is 0.869. The first kappa shape index (κ1) is 17.5. The second-order valence-corrected chi connectivity index (χ2v) is 6.41. The predicted molar refractivity (Wildman–Crippen MR) is 94.3 cm³/mol. The van der Waals surface area contributed by atoms with Gasteiger partial charge in [-0.1, -0.05) is 13.3 Å². The molecule has 0 aromatic carbocycles. The summed E-state index contributed by atoms with van der Waals surface area (Å²) in [5.74, 6) is 2.32. The van der Waals surface area contributed by atoms with Gasteiger partial charge in [-0.05, 0) is 31.4 Å². The van der Waals surface area contributed by atoms with Gasteiger partial charge in [-0.15, -0.1) is 0 Å². The number of nitrogens with zero attached hydrogens (tertiary/aromatic N) is 3. The number of urea groups is 1. The van der Waals surface area contributed by atoms with Crippen LogP contribution in [0.1, 0.15) is 49.4 Å². The maximum absolute atomic E-state index is 12.8. The minimum Gasteiger partial charge on any atom is -0.461 e. The van der Waals surface area contributed by atoms with Crippen LogP contribution >= 0.6 is 0 Å². The number of amides is 2. The number of anilines is 1. The van der Waals surface area contributed by atoms with E-state index in [1.807, 2.05) is 30.1 Å². The van der Waals surface area contributed by atoms with E-state index < -0.39 is 0 Å². The Hall–Kier alpha value is -2.28. The largest absolute Gasteiger partial charge is 0.461 e. The molecule has 2 aromatic heterocycles. The highest BCUT2D eigenvalue weighted by Gasteiger charge is 2.32. The highest BCUT2D eigenvalue weighted by atomic mass is 16.5. The van der Waals surface area contributed by atoms with Gasteiger partial charge in [-0.25, -0.2) is 4.79 Å². The summed E-state index contributed by atoms with van der Waals surface area (Å²) < 4.78 is 12.7. The van der Waals surface area contributed by atoms with Crippen LogP contribution in [0.3, 0.4) is 0 Å². The second-order valence-electron chi connectivity index (χ2n) is 6.41. The smallest absolute Gasteiger partial charge is 0.323 e. The van der Waals surface area contributed by atoms with E-state index in [2.05, 4.69) is 17.3 Å². The van der Waals surface area contributed by atoms with Crippen LogP contribution in [0.5, 0.6) is 0 Å². The summed E-state index contributed by atoms with van der Waals surface area (Å²) in [6, 6.07) is 5.64. The second kappa shape index (κ2) is 7.74. The van der Waals surface area contributed by atoms with E-state index in [9.17, 15) is 4.79 Å². The number of furan rings is 1. The van der Waals surface area contributed by atoms with Gasteiger partial charge in [-0.3, -0.25) is 10.00 Å². The molecule has 3 rings (SSSR count). The molecule has 136 valence electrons. The van der Waals surface area contributed by atoms with E-state index in [4.69, 9.17) is 9.15 Å². The van der Waals surface area contributed by atoms with Gasteiger partial charge in [0, 0.05) is 26.8 Å². The molecule has 3 heterocycles. The number of rotatable bonds is 6. The predicted octanol–water partition coefficient (Wildman–Crippen LogP) is 3.48. The molecular formula is C18H26N4O3. The van der Waals surface area contributed by atoms with Crippen molar-refractivity contribution in [1.82, 2.24) is 14.7 Å². The summed E-state index contributed by atoms with van der Waals surface area (Å²) in [5, 5.41) is 7.42. The molecule has 0 bridgehead atoms. The maximum Gasteiger partial charge on any atom is 0.323 e. The topological polar surface area (TPSA) is 72.5 Å². The van der Waals surface area contributed by atoms with Crippen LogP contribution in [0.25, 0.3) is 0 Å². The van der Waals surface area contributed by atoms with E-state index in [0.717, 1.165) is 55.3 Å². The lowest BCUT2D eigenvalue weighted by molar-refractivity contribution is 0.157. The molecule has 1 aliphatic rings. The number of carbonyl (C=O) groups is 1. The number of aryl methyl sites for hydroxylation is 2. The molecule has 1 fully saturated rings. The van der Waals surface area contributed by atoms with Gasteiger partial charge in [0.2, 0.25) is 0 Å². The van der Waals surface area contributed by atoms with Crippen LogP contribution in [0.15, 0.2) is 22.6 Å². The molecule has 2 amide bonds. The molecular weight excluding hydrogens is 320 g/mol. The fraction of sp³-hybridized carbons (Fsp3) is 0.556. The molecule has 2 aromatic rings. The van der Waals surface area contributed by atoms with Gasteiger partial charge in [0.05, 0.1) is 11.7 Å². The molecule has 0 saturated carbocycles. The van der Waals surface area contributed by atoms with Gasteiger partial charge >= 0.3 is 6.03 Å². The van der Waals surface area contributed by atoms with Gasteiger partial charge < -0.3 is 14.1 Å². The van der Waals surface area contributed by atoms with Crippen molar-refractivity contribution >= 4 is 11.8 Å². The van der Waals surface area contributed by atoms with E-state index in [0.29, 0.717) is 6.61 Å². The van der Waals surface area contributed by atoms with Crippen LogP contribution < -0.4 is 5.32 Å². The zero-order chi connectivity index (χ0) is 17.8. The third-order valence-corrected chi connectivity index (χ3v) is 4.48. The normalized spacial score (nSPS) is 17.2. The van der Waals surface area contributed by atoms with Gasteiger partial charge in [0.1, 0.15) is 23.9 Å². The van der Waals surface area contributed by atoms with Crippen molar-refractivity contribution in [3.8, 4) is 0 Å². The Balaban J connectivity index is 1.70. The van der Waals surface area contributed by atoms with E-state index in [1.165, 1.54) is 0 Å². The van der Waals surface area contributed by atoms with E-state index >= 15 is 0 Å². The van der Waals surface area contributed by atoms with Gasteiger partial charge in [0.15, 0.2) is 0 Å². The molecule has 1 atom stereocenters. The van der Waals surface area contributed by atoms with Crippen molar-refractivity contribution in [1.29, 1.82) is 0 Å². The van der Waals surface area contributed by atoms with Crippen LogP contribution in [0.4, 0.5) is 10.6 Å². The molecule has 0 radical (unpaired) electrons. The number of aromatic nitrogens is 2. The van der Waals surface area contributed by atoms with E-state index in [1.54, 1.807) is 11.8 Å². The molecule has 1 saturated heterocycles. The molecule has 7 heteroatoms. The Morgan fingerprint density at radius 3 is 3.08 bits per heavy atom. The minimum absolute atomic E-state index is 0.0334. The zero-order valence-corrected chi connectivity index (χ0v) is 15.1. The third-order valence-electron chi connectivity index (χ3n) is 4.48. The van der Waals surface area contributed by atoms with Crippen molar-refractivity contribution < 1.29 is 13.9 Å². The molecule has 1 N–H and O–H groups in total. The fourth-order valence-corrected chi connectivity index (χ4v) is 3.30. The Morgan fingerprint density at radius 1 is 1.48 bits per heavy atom. The summed E-state index contributed by atoms with van der Waals surface area (Å²) in [6.07, 6.45) is 3.80. The SMILES string of the molecule is CCCc1cc(NC(=O)N2CCC[C@H]2c2ccc(COC)o2)n(C)n1. The average Bonchev–Trinajstić information content (AvgIpc) is 3.28. The van der Waals surface area contributed by atoms with Gasteiger partial charge in [0.25, 0.3) is 0 Å². The van der Waals surface area contributed by atoms with Crippen molar-refractivity contribution in [3.63, 3.8) is 0 Å². The first-order chi connectivity index (χ1) is 12.1. The van der Waals surface area contributed by atoms with Crippen LogP contribution in [-0.4, -0.2) is 34.4 Å². The summed E-state index contributed by atoms with van der Waals surface area (Å²) >= 11 is 0. The molecule has 7 nitrogen and oxygen atoms in total. The van der Waals surface area contributed by atoms with E-state index in [-0.39, 0.29) is 12.1 Å². The standard InChI is InChI=1S/C18H26N4O3/c1-4-6-13-11-17(21(2)20-13)19-18(23)22-10-5-7-15(22)16-9-8-14(25-16)12-24-3/h8-9,11,15H,4-7,10,12H2,1-3H3,(H,19,23)/t15-/m0/s1. The summed E-state index contributed by atoms with van der Waals surface area (Å²) in [7, 11) is 3.48. The van der Waals surface area contributed by atoms with Gasteiger partial charge in [-0.2, -0.15) is 5.10 Å². The summed E-state index contributed by atoms with van der Waals surface area (Å²) in [6.45, 7) is 3.27. The number of methoxy groups -OCH3 is 1. The Morgan fingerprint density at radius 2 is 2.32 bits per heavy atom. The lowest BCUT2D eigenvalue weighted by Gasteiger charge is -2.23. The third kappa shape index (κ3) is 3.87. The van der Waals surface area contributed by atoms with Crippen molar-refractivity contribution in [2.24, 2.45) is 7.05 Å². The highest BCUT2D eigenvalue weighted by Crippen LogP contribution is 2.33. The average molecular weight is 346 g/mol. The lowest BCUT2D eigenvalue weighted by atomic mass is 10.2. The fourth-order valence-electron chi connectivity index (χ4n) is 3.30. The molecule has 0 aliphatic carbocycles. The van der Waals surface area contributed by atoms with Crippen LogP contribution in [0, 0.1) is 0 Å². The molecule has 0 unspecified atom stereocenters. The Kier molecular flexibility index (Phi) is 5.43. The summed E-state index contributed by atoms with van der Waals surface area (Å²) in [4.78, 5) is 14.6. The monoisotopic (exact) mass is 346 g/mol. The number of hydrogen-bond acceptors (Lipinski definition) is 4. The minimum atomic E-state index is -0.113. The van der Waals surface area contributed by atoms with Crippen molar-refractivity contribution in [2.45, 2.75) is 45.3 Å². The zero-order valence-electron chi connectivity index (χ0n) is 15.1. The Labute approximate surface area is 147 Å². The lowest BCUT2D eigenvalue weighted by Crippen LogP contribution is -2.34. The highest BCUT2D eigenvalue weighted by molar-refractivity contribution is 5.89. The summed E-state index contributed by atoms with van der Waals surface area (Å²) in [5.41, 5.74) is 0.994. The van der Waals surface area contributed by atoms with Crippen LogP contribution in [-0.2, 0) is 24.8 Å². The van der Waals surface area contributed by atoms with Crippen molar-refractivity contribution in [3.05, 3.63) is 35.4 Å².